The molecule has 1 atom stereocenters. The van der Waals surface area contributed by atoms with Crippen molar-refractivity contribution in [3.05, 3.63) is 24.0 Å². The Kier molecular flexibility index (Phi) is 3.86. The number of hydrogen-bond acceptors (Lipinski definition) is 4. The van der Waals surface area contributed by atoms with Crippen molar-refractivity contribution in [2.75, 3.05) is 11.6 Å². The Bertz CT molecular complexity index is 493. The minimum Gasteiger partial charge on any atom is -0.374 e. The lowest BCUT2D eigenvalue weighted by atomic mass is 10.1. The number of amides is 2. The zero-order valence-electron chi connectivity index (χ0n) is 9.83. The van der Waals surface area contributed by atoms with Crippen LogP contribution >= 0.6 is 11.8 Å². The predicted octanol–water partition coefficient (Wildman–Crippen LogP) is 1.76. The van der Waals surface area contributed by atoms with Gasteiger partial charge in [-0.25, -0.2) is 4.39 Å². The largest absolute Gasteiger partial charge is 0.374 e. The van der Waals surface area contributed by atoms with Gasteiger partial charge in [-0.15, -0.1) is 11.8 Å². The second kappa shape index (κ2) is 5.39. The molecule has 2 rings (SSSR count). The highest BCUT2D eigenvalue weighted by molar-refractivity contribution is 7.98. The van der Waals surface area contributed by atoms with Crippen LogP contribution in [0.2, 0.25) is 0 Å². The average molecular weight is 268 g/mol. The minimum atomic E-state index is -0.484. The van der Waals surface area contributed by atoms with Crippen molar-refractivity contribution in [1.82, 2.24) is 5.32 Å². The predicted molar refractivity (Wildman–Crippen MR) is 68.0 cm³/mol. The molecule has 1 heterocycles. The Balaban J connectivity index is 2.07. The average Bonchev–Trinajstić information content (AvgIpc) is 2.33. The lowest BCUT2D eigenvalue weighted by Gasteiger charge is -2.22. The first-order chi connectivity index (χ1) is 8.60. The van der Waals surface area contributed by atoms with E-state index in [1.54, 1.807) is 18.4 Å². The van der Waals surface area contributed by atoms with Gasteiger partial charge in [0, 0.05) is 17.0 Å². The lowest BCUT2D eigenvalue weighted by Crippen LogP contribution is -2.47. The molecule has 0 aromatic heterocycles. The van der Waals surface area contributed by atoms with Gasteiger partial charge in [0.1, 0.15) is 11.9 Å². The van der Waals surface area contributed by atoms with Crippen LogP contribution in [0, 0.1) is 5.82 Å². The lowest BCUT2D eigenvalue weighted by molar-refractivity contribution is -0.133. The number of benzene rings is 1. The number of carbonyl (C=O) groups is 2. The molecule has 0 bridgehead atoms. The van der Waals surface area contributed by atoms with Crippen LogP contribution in [-0.2, 0) is 9.59 Å². The molecule has 2 N–H and O–H groups in total. The third kappa shape index (κ3) is 2.81. The molecular weight excluding hydrogens is 255 g/mol. The second-order valence-corrected chi connectivity index (χ2v) is 4.85. The highest BCUT2D eigenvalue weighted by atomic mass is 32.2. The maximum Gasteiger partial charge on any atom is 0.249 e. The molecule has 2 amide bonds. The molecule has 1 fully saturated rings. The summed E-state index contributed by atoms with van der Waals surface area (Å²) in [4.78, 5) is 23.1. The minimum absolute atomic E-state index is 0.262. The number of piperidine rings is 1. The SMILES string of the molecule is CSc1ccc(N[C@@H]2CCC(=O)NC2=O)cc1F. The molecule has 0 aliphatic carbocycles. The zero-order chi connectivity index (χ0) is 13.1. The van der Waals surface area contributed by atoms with Crippen molar-refractivity contribution in [3.63, 3.8) is 0 Å². The van der Waals surface area contributed by atoms with Gasteiger partial charge in [0.05, 0.1) is 0 Å². The summed E-state index contributed by atoms with van der Waals surface area (Å²) >= 11 is 1.32. The molecule has 0 radical (unpaired) electrons. The highest BCUT2D eigenvalue weighted by Gasteiger charge is 2.26. The number of nitrogens with one attached hydrogen (secondary N) is 2. The normalized spacial score (nSPS) is 19.6. The Morgan fingerprint density at radius 1 is 1.44 bits per heavy atom. The highest BCUT2D eigenvalue weighted by Crippen LogP contribution is 2.23. The zero-order valence-corrected chi connectivity index (χ0v) is 10.6. The van der Waals surface area contributed by atoms with E-state index in [9.17, 15) is 14.0 Å². The number of imide groups is 1. The number of anilines is 1. The molecule has 18 heavy (non-hydrogen) atoms. The van der Waals surface area contributed by atoms with Gasteiger partial charge >= 0.3 is 0 Å². The maximum absolute atomic E-state index is 13.5. The Labute approximate surface area is 108 Å². The van der Waals surface area contributed by atoms with E-state index < -0.39 is 6.04 Å². The third-order valence-corrected chi connectivity index (χ3v) is 3.50. The Morgan fingerprint density at radius 2 is 2.22 bits per heavy atom. The van der Waals surface area contributed by atoms with Gasteiger partial charge in [0.25, 0.3) is 0 Å². The number of carbonyl (C=O) groups excluding carboxylic acids is 2. The molecule has 1 aromatic rings. The standard InChI is InChI=1S/C12H13FN2O2S/c1-18-10-4-2-7(6-8(10)13)14-9-3-5-11(16)15-12(9)17/h2,4,6,9,14H,3,5H2,1H3,(H,15,16,17)/t9-/m1/s1. The fourth-order valence-electron chi connectivity index (χ4n) is 1.79. The van der Waals surface area contributed by atoms with Crippen LogP contribution in [0.25, 0.3) is 0 Å². The van der Waals surface area contributed by atoms with Crippen LogP contribution in [0.1, 0.15) is 12.8 Å². The van der Waals surface area contributed by atoms with Crippen LogP contribution in [0.15, 0.2) is 23.1 Å². The first kappa shape index (κ1) is 12.9. The van der Waals surface area contributed by atoms with Crippen molar-refractivity contribution in [2.24, 2.45) is 0 Å². The Hall–Kier alpha value is -1.56. The summed E-state index contributed by atoms with van der Waals surface area (Å²) < 4.78 is 13.5. The van der Waals surface area contributed by atoms with Gasteiger partial charge in [0.2, 0.25) is 11.8 Å². The van der Waals surface area contributed by atoms with Crippen LogP contribution in [0.3, 0.4) is 0 Å². The molecule has 4 nitrogen and oxygen atoms in total. The van der Waals surface area contributed by atoms with Gasteiger partial charge in [-0.3, -0.25) is 14.9 Å². The molecule has 1 aliphatic heterocycles. The summed E-state index contributed by atoms with van der Waals surface area (Å²) in [6, 6.07) is 4.25. The van der Waals surface area contributed by atoms with Crippen LogP contribution in [0.5, 0.6) is 0 Å². The maximum atomic E-state index is 13.5. The summed E-state index contributed by atoms with van der Waals surface area (Å²) in [6.45, 7) is 0. The van der Waals surface area contributed by atoms with Crippen molar-refractivity contribution in [3.8, 4) is 0 Å². The van der Waals surface area contributed by atoms with Gasteiger partial charge in [-0.1, -0.05) is 0 Å². The van der Waals surface area contributed by atoms with Gasteiger partial charge in [0.15, 0.2) is 0 Å². The van der Waals surface area contributed by atoms with Gasteiger partial charge in [-0.2, -0.15) is 0 Å². The number of rotatable bonds is 3. The van der Waals surface area contributed by atoms with Crippen molar-refractivity contribution >= 4 is 29.3 Å². The van der Waals surface area contributed by atoms with E-state index in [2.05, 4.69) is 10.6 Å². The van der Waals surface area contributed by atoms with E-state index in [0.717, 1.165) is 0 Å². The third-order valence-electron chi connectivity index (χ3n) is 2.73. The van der Waals surface area contributed by atoms with Crippen LogP contribution in [0.4, 0.5) is 10.1 Å². The molecule has 0 spiro atoms. The van der Waals surface area contributed by atoms with E-state index in [0.29, 0.717) is 23.4 Å². The number of hydrogen-bond donors (Lipinski definition) is 2. The van der Waals surface area contributed by atoms with Crippen LogP contribution in [-0.4, -0.2) is 24.1 Å². The summed E-state index contributed by atoms with van der Waals surface area (Å²) in [5.41, 5.74) is 0.541. The molecule has 6 heteroatoms. The van der Waals surface area contributed by atoms with Gasteiger partial charge < -0.3 is 5.32 Å². The molecule has 0 unspecified atom stereocenters. The molecule has 0 saturated carbocycles. The molecule has 1 saturated heterocycles. The van der Waals surface area contributed by atoms with E-state index in [-0.39, 0.29) is 17.6 Å². The summed E-state index contributed by atoms with van der Waals surface area (Å²) in [7, 11) is 0. The first-order valence-corrected chi connectivity index (χ1v) is 6.76. The molecule has 1 aliphatic rings. The van der Waals surface area contributed by atoms with E-state index in [4.69, 9.17) is 0 Å². The topological polar surface area (TPSA) is 58.2 Å². The summed E-state index contributed by atoms with van der Waals surface area (Å²) in [5, 5.41) is 5.18. The number of halogens is 1. The quantitative estimate of drug-likeness (QED) is 0.648. The second-order valence-electron chi connectivity index (χ2n) is 4.00. The van der Waals surface area contributed by atoms with E-state index >= 15 is 0 Å². The number of thioether (sulfide) groups is 1. The van der Waals surface area contributed by atoms with Crippen molar-refractivity contribution in [1.29, 1.82) is 0 Å². The molecule has 1 aromatic carbocycles. The molecule has 96 valence electrons. The fourth-order valence-corrected chi connectivity index (χ4v) is 2.25. The summed E-state index contributed by atoms with van der Waals surface area (Å²) in [5.74, 6) is -0.942. The van der Waals surface area contributed by atoms with Crippen molar-refractivity contribution in [2.45, 2.75) is 23.8 Å². The van der Waals surface area contributed by atoms with Gasteiger partial charge in [-0.05, 0) is 30.9 Å². The van der Waals surface area contributed by atoms with E-state index in [1.165, 1.54) is 17.8 Å². The van der Waals surface area contributed by atoms with E-state index in [1.807, 2.05) is 0 Å². The van der Waals surface area contributed by atoms with Crippen LogP contribution < -0.4 is 10.6 Å². The monoisotopic (exact) mass is 268 g/mol. The Morgan fingerprint density at radius 3 is 2.83 bits per heavy atom. The first-order valence-electron chi connectivity index (χ1n) is 5.54. The fraction of sp³-hybridized carbons (Fsp3) is 0.333. The molecular formula is C12H13FN2O2S. The summed E-state index contributed by atoms with van der Waals surface area (Å²) in [6.07, 6.45) is 2.52. The van der Waals surface area contributed by atoms with Crippen molar-refractivity contribution < 1.29 is 14.0 Å². The smallest absolute Gasteiger partial charge is 0.249 e.